The number of amides is 1. The monoisotopic (exact) mass is 427 g/mol. The molecule has 2 fully saturated rings. The van der Waals surface area contributed by atoms with Crippen molar-refractivity contribution >= 4 is 28.2 Å². The summed E-state index contributed by atoms with van der Waals surface area (Å²) < 4.78 is 7.36. The van der Waals surface area contributed by atoms with Crippen molar-refractivity contribution in [2.45, 2.75) is 82.9 Å². The Morgan fingerprint density at radius 1 is 1.23 bits per heavy atom. The molecule has 0 radical (unpaired) electrons. The molecule has 8 nitrogen and oxygen atoms in total. The highest BCUT2D eigenvalue weighted by molar-refractivity contribution is 6.00. The van der Waals surface area contributed by atoms with Gasteiger partial charge in [0, 0.05) is 32.4 Å². The Balaban J connectivity index is 0.00000153. The largest absolute Gasteiger partial charge is 0.444 e. The van der Waals surface area contributed by atoms with E-state index in [1.807, 2.05) is 37.6 Å². The number of aromatic nitrogens is 4. The normalized spacial score (nSPS) is 22.0. The van der Waals surface area contributed by atoms with E-state index in [9.17, 15) is 9.59 Å². The van der Waals surface area contributed by atoms with Gasteiger partial charge in [0.25, 0.3) is 5.56 Å². The molecular formula is C23H33N5O3. The molecule has 1 amide bonds. The molecule has 0 bridgehead atoms. The fourth-order valence-corrected chi connectivity index (χ4v) is 4.64. The molecule has 0 saturated heterocycles. The van der Waals surface area contributed by atoms with Gasteiger partial charge in [0.1, 0.15) is 22.5 Å². The molecule has 0 aliphatic heterocycles. The molecule has 2 aliphatic rings. The van der Waals surface area contributed by atoms with E-state index in [1.165, 1.54) is 0 Å². The lowest BCUT2D eigenvalue weighted by Gasteiger charge is -2.32. The summed E-state index contributed by atoms with van der Waals surface area (Å²) >= 11 is 0. The molecule has 0 atom stereocenters. The van der Waals surface area contributed by atoms with E-state index in [4.69, 9.17) is 9.72 Å². The number of nitrogens with zero attached hydrogens (tertiary/aromatic N) is 3. The lowest BCUT2D eigenvalue weighted by molar-refractivity contribution is 0.0488. The van der Waals surface area contributed by atoms with Crippen molar-refractivity contribution in [2.75, 3.05) is 0 Å². The van der Waals surface area contributed by atoms with Crippen LogP contribution in [0.5, 0.6) is 0 Å². The quantitative estimate of drug-likeness (QED) is 0.633. The van der Waals surface area contributed by atoms with E-state index < -0.39 is 5.60 Å². The Morgan fingerprint density at radius 3 is 2.65 bits per heavy atom. The smallest absolute Gasteiger partial charge is 0.407 e. The fraction of sp³-hybridized carbons (Fsp3) is 0.565. The van der Waals surface area contributed by atoms with Crippen LogP contribution in [0, 0.1) is 0 Å². The maximum atomic E-state index is 13.5. The molecule has 5 rings (SSSR count). The van der Waals surface area contributed by atoms with Gasteiger partial charge in [0.05, 0.1) is 11.7 Å². The zero-order chi connectivity index (χ0) is 21.8. The second-order valence-electron chi connectivity index (χ2n) is 9.83. The average Bonchev–Trinajstić information content (AvgIpc) is 3.43. The third kappa shape index (κ3) is 3.91. The predicted molar refractivity (Wildman–Crippen MR) is 123 cm³/mol. The van der Waals surface area contributed by atoms with E-state index in [0.717, 1.165) is 60.6 Å². The highest BCUT2D eigenvalue weighted by Crippen LogP contribution is 2.39. The minimum atomic E-state index is -0.514. The molecule has 168 valence electrons. The standard InChI is InChI=1S/C23H29N5O3.2H2/c1-23(2,3)31-22(30)26-14-6-8-15(9-7-14)28-19-16-10-11-24-20(16)25-12-17(19)27-18(21(28)29)13-4-5-13;;/h10-15H,4-9H2,1-3H3,(H,24,25)(H,26,30);2*1H. The molecule has 3 heterocycles. The van der Waals surface area contributed by atoms with Crippen LogP contribution in [0.2, 0.25) is 0 Å². The Labute approximate surface area is 183 Å². The second kappa shape index (κ2) is 7.35. The number of carbonyl (C=O) groups is 1. The fourth-order valence-electron chi connectivity index (χ4n) is 4.64. The minimum absolute atomic E-state index is 0. The zero-order valence-electron chi connectivity index (χ0n) is 18.3. The van der Waals surface area contributed by atoms with Crippen LogP contribution in [0.1, 0.15) is 79.8 Å². The van der Waals surface area contributed by atoms with Crippen LogP contribution in [0.4, 0.5) is 4.79 Å². The average molecular weight is 428 g/mol. The van der Waals surface area contributed by atoms with Gasteiger partial charge in [0.2, 0.25) is 0 Å². The molecule has 2 N–H and O–H groups in total. The highest BCUT2D eigenvalue weighted by Gasteiger charge is 2.33. The number of pyridine rings is 1. The number of fused-ring (bicyclic) bond motifs is 3. The van der Waals surface area contributed by atoms with Crippen LogP contribution in [0.3, 0.4) is 0 Å². The summed E-state index contributed by atoms with van der Waals surface area (Å²) in [6.45, 7) is 5.58. The van der Waals surface area contributed by atoms with Crippen molar-refractivity contribution < 1.29 is 12.4 Å². The van der Waals surface area contributed by atoms with Crippen molar-refractivity contribution in [3.8, 4) is 0 Å². The summed E-state index contributed by atoms with van der Waals surface area (Å²) in [4.78, 5) is 38.0. The highest BCUT2D eigenvalue weighted by atomic mass is 16.6. The van der Waals surface area contributed by atoms with Crippen molar-refractivity contribution in [3.05, 3.63) is 34.5 Å². The summed E-state index contributed by atoms with van der Waals surface area (Å²) in [7, 11) is 0. The number of nitrogens with one attached hydrogen (secondary N) is 2. The van der Waals surface area contributed by atoms with Gasteiger partial charge in [-0.15, -0.1) is 0 Å². The van der Waals surface area contributed by atoms with Gasteiger partial charge in [-0.25, -0.2) is 14.8 Å². The number of alkyl carbamates (subject to hydrolysis) is 1. The second-order valence-corrected chi connectivity index (χ2v) is 9.83. The Morgan fingerprint density at radius 2 is 1.97 bits per heavy atom. The molecule has 0 aromatic carbocycles. The molecule has 2 aliphatic carbocycles. The maximum Gasteiger partial charge on any atom is 0.407 e. The molecule has 8 heteroatoms. The van der Waals surface area contributed by atoms with Crippen molar-refractivity contribution in [1.29, 1.82) is 0 Å². The van der Waals surface area contributed by atoms with Crippen LogP contribution in [-0.2, 0) is 4.74 Å². The van der Waals surface area contributed by atoms with E-state index in [1.54, 1.807) is 6.20 Å². The first kappa shape index (κ1) is 20.0. The summed E-state index contributed by atoms with van der Waals surface area (Å²) in [6.07, 6.45) is 8.54. The van der Waals surface area contributed by atoms with E-state index >= 15 is 0 Å². The molecular weight excluding hydrogens is 394 g/mol. The topological polar surface area (TPSA) is 102 Å². The number of rotatable bonds is 3. The van der Waals surface area contributed by atoms with Crippen LogP contribution >= 0.6 is 0 Å². The third-order valence-electron chi connectivity index (χ3n) is 6.21. The van der Waals surface area contributed by atoms with Gasteiger partial charge in [-0.3, -0.25) is 4.79 Å². The lowest BCUT2D eigenvalue weighted by atomic mass is 9.90. The van der Waals surface area contributed by atoms with E-state index in [-0.39, 0.29) is 32.5 Å². The number of H-pyrrole nitrogens is 1. The SMILES string of the molecule is CC(C)(C)OC(=O)NC1CCC(n2c(=O)c(C3CC3)nc3cnc4[nH]ccc4c32)CC1.[HH].[HH]. The lowest BCUT2D eigenvalue weighted by Crippen LogP contribution is -2.42. The molecule has 3 aromatic rings. The maximum absolute atomic E-state index is 13.5. The first-order chi connectivity index (χ1) is 14.8. The minimum Gasteiger partial charge on any atom is -0.444 e. The number of hydrogen-bond donors (Lipinski definition) is 2. The Bertz CT molecular complexity index is 1200. The van der Waals surface area contributed by atoms with Crippen LogP contribution in [-0.4, -0.2) is 37.3 Å². The van der Waals surface area contributed by atoms with Crippen LogP contribution < -0.4 is 10.9 Å². The summed E-state index contributed by atoms with van der Waals surface area (Å²) in [5.74, 6) is 0.273. The van der Waals surface area contributed by atoms with Gasteiger partial charge in [-0.1, -0.05) is 0 Å². The van der Waals surface area contributed by atoms with Gasteiger partial charge >= 0.3 is 6.09 Å². The van der Waals surface area contributed by atoms with E-state index in [2.05, 4.69) is 15.3 Å². The number of aromatic amines is 1. The first-order valence-electron chi connectivity index (χ1n) is 11.2. The van der Waals surface area contributed by atoms with Gasteiger partial charge in [-0.05, 0) is 65.4 Å². The summed E-state index contributed by atoms with van der Waals surface area (Å²) in [5.41, 5.74) is 2.61. The van der Waals surface area contributed by atoms with Gasteiger partial charge in [-0.2, -0.15) is 0 Å². The van der Waals surface area contributed by atoms with Gasteiger partial charge < -0.3 is 19.6 Å². The van der Waals surface area contributed by atoms with Crippen LogP contribution in [0.25, 0.3) is 22.1 Å². The Hall–Kier alpha value is -2.90. The summed E-state index contributed by atoms with van der Waals surface area (Å²) in [6, 6.07) is 2.11. The molecule has 2 saturated carbocycles. The molecule has 0 unspecified atom stereocenters. The van der Waals surface area contributed by atoms with Crippen molar-refractivity contribution in [1.82, 2.24) is 24.8 Å². The summed E-state index contributed by atoms with van der Waals surface area (Å²) in [5, 5.41) is 3.92. The van der Waals surface area contributed by atoms with Crippen molar-refractivity contribution in [3.63, 3.8) is 0 Å². The van der Waals surface area contributed by atoms with Crippen LogP contribution in [0.15, 0.2) is 23.3 Å². The number of hydrogen-bond acceptors (Lipinski definition) is 5. The van der Waals surface area contributed by atoms with E-state index in [0.29, 0.717) is 5.69 Å². The molecule has 3 aromatic heterocycles. The zero-order valence-corrected chi connectivity index (χ0v) is 18.3. The Kier molecular flexibility index (Phi) is 4.75. The molecule has 31 heavy (non-hydrogen) atoms. The van der Waals surface area contributed by atoms with Gasteiger partial charge in [0.15, 0.2) is 0 Å². The number of ether oxygens (including phenoxy) is 1. The molecule has 0 spiro atoms. The first-order valence-corrected chi connectivity index (χ1v) is 11.2. The predicted octanol–water partition coefficient (Wildman–Crippen LogP) is 4.65. The number of carbonyl (C=O) groups excluding carboxylic acids is 1. The van der Waals surface area contributed by atoms with Crippen molar-refractivity contribution in [2.24, 2.45) is 0 Å². The third-order valence-corrected chi connectivity index (χ3v) is 6.21.